The Morgan fingerprint density at radius 2 is 1.70 bits per heavy atom. The molecule has 2 saturated heterocycles. The predicted octanol–water partition coefficient (Wildman–Crippen LogP) is 2.92. The van der Waals surface area contributed by atoms with Crippen LogP contribution < -0.4 is 5.32 Å². The maximum absolute atomic E-state index is 13.1. The van der Waals surface area contributed by atoms with E-state index in [1.165, 1.54) is 5.56 Å². The Morgan fingerprint density at radius 1 is 0.939 bits per heavy atom. The molecule has 2 heterocycles. The summed E-state index contributed by atoms with van der Waals surface area (Å²) in [5, 5.41) is 4.97. The molecule has 3 aromatic rings. The lowest BCUT2D eigenvalue weighted by Crippen LogP contribution is -2.70. The fourth-order valence-electron chi connectivity index (χ4n) is 4.47. The highest BCUT2D eigenvalue weighted by molar-refractivity contribution is 7.98. The molecule has 0 spiro atoms. The number of nitrogens with zero attached hydrogens (tertiary/aromatic N) is 2. The quantitative estimate of drug-likeness (QED) is 0.637. The molecule has 3 aromatic carbocycles. The molecule has 33 heavy (non-hydrogen) atoms. The van der Waals surface area contributed by atoms with E-state index in [1.54, 1.807) is 21.6 Å². The number of carbonyl (C=O) groups is 3. The lowest BCUT2D eigenvalue weighted by Gasteiger charge is -2.45. The molecule has 0 aliphatic carbocycles. The number of rotatable bonds is 5. The van der Waals surface area contributed by atoms with Gasteiger partial charge in [-0.25, -0.2) is 0 Å². The average Bonchev–Trinajstić information content (AvgIpc) is 2.86. The van der Waals surface area contributed by atoms with Crippen LogP contribution in [0.3, 0.4) is 0 Å². The summed E-state index contributed by atoms with van der Waals surface area (Å²) in [6, 6.07) is 22.5. The van der Waals surface area contributed by atoms with E-state index in [2.05, 4.69) is 17.4 Å². The number of amides is 3. The minimum Gasteiger partial charge on any atom is -0.342 e. The third-order valence-corrected chi connectivity index (χ3v) is 7.37. The second-order valence-electron chi connectivity index (χ2n) is 8.42. The first kappa shape index (κ1) is 21.5. The van der Waals surface area contributed by atoms with Gasteiger partial charge in [0.05, 0.1) is 6.54 Å². The highest BCUT2D eigenvalue weighted by Gasteiger charge is 2.44. The lowest BCUT2D eigenvalue weighted by molar-refractivity contribution is -0.151. The molecule has 2 aliphatic rings. The number of hydrogen-bond acceptors (Lipinski definition) is 4. The van der Waals surface area contributed by atoms with Gasteiger partial charge in [-0.1, -0.05) is 60.7 Å². The topological polar surface area (TPSA) is 69.7 Å². The van der Waals surface area contributed by atoms with E-state index >= 15 is 0 Å². The number of benzene rings is 3. The van der Waals surface area contributed by atoms with Crippen molar-refractivity contribution in [2.24, 2.45) is 0 Å². The first-order valence-corrected chi connectivity index (χ1v) is 12.3. The average molecular weight is 460 g/mol. The molecule has 1 N–H and O–H groups in total. The van der Waals surface area contributed by atoms with Gasteiger partial charge < -0.3 is 15.1 Å². The van der Waals surface area contributed by atoms with Crippen LogP contribution in [0.5, 0.6) is 0 Å². The second-order valence-corrected chi connectivity index (χ2v) is 9.45. The van der Waals surface area contributed by atoms with Gasteiger partial charge in [0.15, 0.2) is 0 Å². The van der Waals surface area contributed by atoms with Gasteiger partial charge in [-0.15, -0.1) is 0 Å². The second kappa shape index (κ2) is 9.27. The SMILES string of the molecule is O=C1N[C@@H](CSCc2ccccc2)C(=O)N2CCN(C(=O)c3ccc4ccccc4c3)C[C@H]12. The summed E-state index contributed by atoms with van der Waals surface area (Å²) in [6.45, 7) is 1.01. The summed E-state index contributed by atoms with van der Waals surface area (Å²) in [4.78, 5) is 42.3. The predicted molar refractivity (Wildman–Crippen MR) is 130 cm³/mol. The van der Waals surface area contributed by atoms with Crippen molar-refractivity contribution in [3.63, 3.8) is 0 Å². The number of fused-ring (bicyclic) bond motifs is 2. The highest BCUT2D eigenvalue weighted by atomic mass is 32.2. The molecule has 0 unspecified atom stereocenters. The van der Waals surface area contributed by atoms with Crippen LogP contribution in [-0.4, -0.2) is 65.0 Å². The first-order valence-electron chi connectivity index (χ1n) is 11.1. The van der Waals surface area contributed by atoms with Gasteiger partial charge in [0.2, 0.25) is 11.8 Å². The molecule has 2 aliphatic heterocycles. The van der Waals surface area contributed by atoms with Gasteiger partial charge in [-0.2, -0.15) is 11.8 Å². The number of thioether (sulfide) groups is 1. The number of piperazine rings is 2. The van der Waals surface area contributed by atoms with E-state index in [0.29, 0.717) is 24.4 Å². The van der Waals surface area contributed by atoms with Crippen molar-refractivity contribution in [3.8, 4) is 0 Å². The molecule has 2 fully saturated rings. The summed E-state index contributed by atoms with van der Waals surface area (Å²) >= 11 is 1.63. The summed E-state index contributed by atoms with van der Waals surface area (Å²) in [5.41, 5.74) is 1.79. The third-order valence-electron chi connectivity index (χ3n) is 6.26. The van der Waals surface area contributed by atoms with Crippen LogP contribution in [0.25, 0.3) is 10.8 Å². The van der Waals surface area contributed by atoms with Crippen molar-refractivity contribution in [2.75, 3.05) is 25.4 Å². The Hall–Kier alpha value is -3.32. The van der Waals surface area contributed by atoms with Crippen molar-refractivity contribution in [3.05, 3.63) is 83.9 Å². The Balaban J connectivity index is 1.22. The maximum Gasteiger partial charge on any atom is 0.254 e. The van der Waals surface area contributed by atoms with Crippen molar-refractivity contribution in [1.82, 2.24) is 15.1 Å². The minimum atomic E-state index is -0.633. The van der Waals surface area contributed by atoms with Gasteiger partial charge >= 0.3 is 0 Å². The number of nitrogens with one attached hydrogen (secondary N) is 1. The zero-order valence-electron chi connectivity index (χ0n) is 18.1. The van der Waals surface area contributed by atoms with E-state index < -0.39 is 12.1 Å². The molecule has 5 rings (SSSR count). The normalized spacial score (nSPS) is 20.5. The van der Waals surface area contributed by atoms with E-state index in [-0.39, 0.29) is 24.3 Å². The van der Waals surface area contributed by atoms with Crippen LogP contribution in [0, 0.1) is 0 Å². The number of carbonyl (C=O) groups excluding carboxylic acids is 3. The standard InChI is InChI=1S/C26H25N3O3S/c30-24-23-15-28(25(31)21-11-10-19-8-4-5-9-20(19)14-21)12-13-29(23)26(32)22(27-24)17-33-16-18-6-2-1-3-7-18/h1-11,14,22-23H,12-13,15-17H2,(H,27,30)/t22-,23+/m0/s1. The van der Waals surface area contributed by atoms with Gasteiger partial charge in [0.25, 0.3) is 5.91 Å². The van der Waals surface area contributed by atoms with Crippen LogP contribution in [-0.2, 0) is 15.3 Å². The van der Waals surface area contributed by atoms with Crippen LogP contribution >= 0.6 is 11.8 Å². The fourth-order valence-corrected chi connectivity index (χ4v) is 5.48. The summed E-state index contributed by atoms with van der Waals surface area (Å²) in [7, 11) is 0. The Bertz CT molecular complexity index is 1200. The lowest BCUT2D eigenvalue weighted by atomic mass is 10.0. The van der Waals surface area contributed by atoms with Gasteiger partial charge in [0, 0.05) is 30.2 Å². The van der Waals surface area contributed by atoms with Crippen LogP contribution in [0.1, 0.15) is 15.9 Å². The molecule has 0 saturated carbocycles. The molecule has 0 bridgehead atoms. The summed E-state index contributed by atoms with van der Waals surface area (Å²) in [5.74, 6) is 0.968. The molecule has 6 nitrogen and oxygen atoms in total. The molecule has 0 radical (unpaired) electrons. The molecular weight excluding hydrogens is 434 g/mol. The van der Waals surface area contributed by atoms with E-state index in [0.717, 1.165) is 16.5 Å². The first-order chi connectivity index (χ1) is 16.1. The Labute approximate surface area is 196 Å². The zero-order chi connectivity index (χ0) is 22.8. The van der Waals surface area contributed by atoms with E-state index in [9.17, 15) is 14.4 Å². The molecule has 168 valence electrons. The smallest absolute Gasteiger partial charge is 0.254 e. The Kier molecular flexibility index (Phi) is 6.05. The van der Waals surface area contributed by atoms with Crippen molar-refractivity contribution >= 4 is 40.3 Å². The van der Waals surface area contributed by atoms with Crippen molar-refractivity contribution in [1.29, 1.82) is 0 Å². The largest absolute Gasteiger partial charge is 0.342 e. The van der Waals surface area contributed by atoms with Crippen molar-refractivity contribution < 1.29 is 14.4 Å². The van der Waals surface area contributed by atoms with Crippen LogP contribution in [0.2, 0.25) is 0 Å². The minimum absolute atomic E-state index is 0.0574. The molecule has 2 atom stereocenters. The third kappa shape index (κ3) is 4.46. The van der Waals surface area contributed by atoms with E-state index in [1.807, 2.05) is 60.7 Å². The maximum atomic E-state index is 13.1. The van der Waals surface area contributed by atoms with Gasteiger partial charge in [-0.3, -0.25) is 14.4 Å². The van der Waals surface area contributed by atoms with E-state index in [4.69, 9.17) is 0 Å². The summed E-state index contributed by atoms with van der Waals surface area (Å²) in [6.07, 6.45) is 0. The molecule has 7 heteroatoms. The zero-order valence-corrected chi connectivity index (χ0v) is 19.0. The monoisotopic (exact) mass is 459 g/mol. The van der Waals surface area contributed by atoms with Gasteiger partial charge in [0.1, 0.15) is 12.1 Å². The fraction of sp³-hybridized carbons (Fsp3) is 0.269. The molecule has 0 aromatic heterocycles. The van der Waals surface area contributed by atoms with Crippen LogP contribution in [0.4, 0.5) is 0 Å². The molecule has 3 amide bonds. The van der Waals surface area contributed by atoms with Crippen LogP contribution in [0.15, 0.2) is 72.8 Å². The highest BCUT2D eigenvalue weighted by Crippen LogP contribution is 2.22. The Morgan fingerprint density at radius 3 is 2.52 bits per heavy atom. The summed E-state index contributed by atoms with van der Waals surface area (Å²) < 4.78 is 0. The molecular formula is C26H25N3O3S. The van der Waals surface area contributed by atoms with Crippen molar-refractivity contribution in [2.45, 2.75) is 17.8 Å². The van der Waals surface area contributed by atoms with Gasteiger partial charge in [-0.05, 0) is 28.5 Å². The number of hydrogen-bond donors (Lipinski definition) is 1.